The molecule has 6 rings (SSSR count). The molecule has 0 aromatic heterocycles. The summed E-state index contributed by atoms with van der Waals surface area (Å²) in [6.45, 7) is 7.39. The van der Waals surface area contributed by atoms with Gasteiger partial charge in [0.2, 0.25) is 6.79 Å². The maximum atomic E-state index is 12.2. The van der Waals surface area contributed by atoms with Gasteiger partial charge in [0, 0.05) is 41.3 Å². The van der Waals surface area contributed by atoms with E-state index in [1.807, 2.05) is 20.9 Å². The zero-order chi connectivity index (χ0) is 26.3. The number of nitrogens with zero attached hydrogens (tertiary/aromatic N) is 2. The lowest BCUT2D eigenvalue weighted by atomic mass is 9.73. The minimum absolute atomic E-state index is 0.100. The van der Waals surface area contributed by atoms with E-state index in [-0.39, 0.29) is 36.7 Å². The highest BCUT2D eigenvalue weighted by atomic mass is 16.7. The highest BCUT2D eigenvalue weighted by molar-refractivity contribution is 5.74. The molecule has 0 radical (unpaired) electrons. The molecule has 198 valence electrons. The van der Waals surface area contributed by atoms with Gasteiger partial charge in [0.15, 0.2) is 23.0 Å². The van der Waals surface area contributed by atoms with Crippen molar-refractivity contribution >= 4 is 5.97 Å². The number of aromatic hydroxyl groups is 1. The summed E-state index contributed by atoms with van der Waals surface area (Å²) < 4.78 is 23.2. The number of hydrogen-bond donors (Lipinski definition) is 2. The third kappa shape index (κ3) is 3.23. The molecule has 0 aliphatic carbocycles. The maximum absolute atomic E-state index is 12.2. The van der Waals surface area contributed by atoms with Gasteiger partial charge < -0.3 is 29.2 Å². The van der Waals surface area contributed by atoms with Gasteiger partial charge in [0.1, 0.15) is 12.0 Å². The summed E-state index contributed by atoms with van der Waals surface area (Å²) in [5.74, 6) is 2.01. The van der Waals surface area contributed by atoms with Gasteiger partial charge >= 0.3 is 5.97 Å². The van der Waals surface area contributed by atoms with E-state index in [0.717, 1.165) is 33.4 Å². The number of aliphatic hydroxyl groups is 1. The van der Waals surface area contributed by atoms with E-state index in [2.05, 4.69) is 22.8 Å². The van der Waals surface area contributed by atoms with Crippen LogP contribution in [0.2, 0.25) is 0 Å². The molecular weight excluding hydrogens is 476 g/mol. The fourth-order valence-corrected chi connectivity index (χ4v) is 7.33. The number of benzene rings is 2. The van der Waals surface area contributed by atoms with Gasteiger partial charge in [-0.15, -0.1) is 0 Å². The number of phenolic OH excluding ortho intramolecular Hbond substituents is 1. The first-order chi connectivity index (χ1) is 17.7. The second kappa shape index (κ2) is 8.51. The van der Waals surface area contributed by atoms with Crippen LogP contribution in [0, 0.1) is 13.8 Å². The molecular formula is C28H34N2O7. The average Bonchev–Trinajstić information content (AvgIpc) is 3.34. The van der Waals surface area contributed by atoms with Crippen molar-refractivity contribution < 1.29 is 34.0 Å². The van der Waals surface area contributed by atoms with Gasteiger partial charge in [-0.05, 0) is 51.3 Å². The second-order valence-electron chi connectivity index (χ2n) is 10.6. The molecule has 2 N–H and O–H groups in total. The molecule has 0 amide bonds. The van der Waals surface area contributed by atoms with Crippen molar-refractivity contribution in [3.63, 3.8) is 0 Å². The van der Waals surface area contributed by atoms with E-state index in [1.54, 1.807) is 7.11 Å². The standard InChI is InChI=1S/C28H34N2O7/c1-7-17-21-16(25(37-14(4)31)13(3)26-27(21)36-11-35-26)10-18-22-20-15(8-12(2)24(34-6)23(20)32)9-19(29(22)5)28(33)30(17)18/h8,17-19,22,28,32-33H,7,9-11H2,1-6H3/t17-,18?,19+,22-,28?/m0/s1. The molecule has 9 nitrogen and oxygen atoms in total. The number of fused-ring (bicyclic) bond motifs is 9. The van der Waals surface area contributed by atoms with Gasteiger partial charge in [0.25, 0.3) is 0 Å². The Hall–Kier alpha value is -3.01. The summed E-state index contributed by atoms with van der Waals surface area (Å²) in [6, 6.07) is 1.33. The molecule has 4 heterocycles. The summed E-state index contributed by atoms with van der Waals surface area (Å²) >= 11 is 0. The third-order valence-electron chi connectivity index (χ3n) is 8.73. The van der Waals surface area contributed by atoms with Crippen LogP contribution in [-0.4, -0.2) is 65.2 Å². The number of methoxy groups -OCH3 is 1. The quantitative estimate of drug-likeness (QED) is 0.476. The lowest BCUT2D eigenvalue weighted by Gasteiger charge is -2.60. The predicted molar refractivity (Wildman–Crippen MR) is 134 cm³/mol. The summed E-state index contributed by atoms with van der Waals surface area (Å²) in [6.07, 6.45) is 1.08. The Labute approximate surface area is 216 Å². The zero-order valence-corrected chi connectivity index (χ0v) is 22.1. The Balaban J connectivity index is 1.60. The van der Waals surface area contributed by atoms with Crippen LogP contribution >= 0.6 is 0 Å². The second-order valence-corrected chi connectivity index (χ2v) is 10.6. The summed E-state index contributed by atoms with van der Waals surface area (Å²) in [5, 5.41) is 23.3. The van der Waals surface area contributed by atoms with Crippen molar-refractivity contribution in [2.45, 2.75) is 77.4 Å². The average molecular weight is 511 g/mol. The number of carbonyl (C=O) groups excluding carboxylic acids is 1. The molecule has 1 saturated heterocycles. The van der Waals surface area contributed by atoms with Crippen LogP contribution in [0.3, 0.4) is 0 Å². The van der Waals surface area contributed by atoms with Crippen LogP contribution in [0.25, 0.3) is 0 Å². The summed E-state index contributed by atoms with van der Waals surface area (Å²) in [4.78, 5) is 16.5. The topological polar surface area (TPSA) is 101 Å². The molecule has 2 aromatic carbocycles. The number of rotatable bonds is 3. The minimum atomic E-state index is -0.737. The molecule has 0 saturated carbocycles. The lowest BCUT2D eigenvalue weighted by Crippen LogP contribution is -2.68. The number of esters is 1. The summed E-state index contributed by atoms with van der Waals surface area (Å²) in [7, 11) is 3.58. The molecule has 2 unspecified atom stereocenters. The summed E-state index contributed by atoms with van der Waals surface area (Å²) in [5.41, 5.74) is 5.29. The maximum Gasteiger partial charge on any atom is 0.308 e. The molecule has 37 heavy (non-hydrogen) atoms. The van der Waals surface area contributed by atoms with Crippen molar-refractivity contribution in [3.8, 4) is 28.7 Å². The van der Waals surface area contributed by atoms with Crippen LogP contribution in [0.15, 0.2) is 6.07 Å². The highest BCUT2D eigenvalue weighted by Gasteiger charge is 2.56. The number of carbonyl (C=O) groups is 1. The Morgan fingerprint density at radius 2 is 1.86 bits per heavy atom. The van der Waals surface area contributed by atoms with Gasteiger partial charge in [-0.1, -0.05) is 13.0 Å². The number of hydrogen-bond acceptors (Lipinski definition) is 9. The molecule has 2 aromatic rings. The molecule has 1 fully saturated rings. The first-order valence-electron chi connectivity index (χ1n) is 12.9. The number of likely N-dealkylation sites (N-methyl/N-ethyl adjacent to an activating group) is 1. The van der Waals surface area contributed by atoms with Crippen molar-refractivity contribution in [2.24, 2.45) is 0 Å². The van der Waals surface area contributed by atoms with Crippen LogP contribution in [-0.2, 0) is 17.6 Å². The van der Waals surface area contributed by atoms with Gasteiger partial charge in [-0.25, -0.2) is 0 Å². The Bertz CT molecular complexity index is 1310. The fraction of sp³-hybridized carbons (Fsp3) is 0.536. The fourth-order valence-electron chi connectivity index (χ4n) is 7.33. The number of aliphatic hydroxyl groups excluding tert-OH is 1. The first kappa shape index (κ1) is 24.3. The van der Waals surface area contributed by atoms with Crippen molar-refractivity contribution in [3.05, 3.63) is 39.4 Å². The molecule has 0 spiro atoms. The predicted octanol–water partition coefficient (Wildman–Crippen LogP) is 3.28. The number of ether oxygens (including phenoxy) is 4. The SMILES string of the molecule is CC[C@H]1c2c(c(OC(C)=O)c(C)c3c2OCO3)CC2[C@H]3c4c(cc(C)c(OC)c4O)C[C@H](C(O)N21)N3C. The monoisotopic (exact) mass is 510 g/mol. The number of phenols is 1. The smallest absolute Gasteiger partial charge is 0.308 e. The molecule has 2 bridgehead atoms. The zero-order valence-electron chi connectivity index (χ0n) is 22.1. The van der Waals surface area contributed by atoms with Crippen LogP contribution in [0.1, 0.15) is 65.7 Å². The van der Waals surface area contributed by atoms with Gasteiger partial charge in [-0.3, -0.25) is 14.6 Å². The molecule has 5 atom stereocenters. The van der Waals surface area contributed by atoms with Crippen molar-refractivity contribution in [1.29, 1.82) is 0 Å². The van der Waals surface area contributed by atoms with E-state index >= 15 is 0 Å². The lowest BCUT2D eigenvalue weighted by molar-refractivity contribution is -0.172. The van der Waals surface area contributed by atoms with E-state index in [4.69, 9.17) is 18.9 Å². The molecule has 9 heteroatoms. The van der Waals surface area contributed by atoms with Gasteiger partial charge in [0.05, 0.1) is 19.2 Å². The third-order valence-corrected chi connectivity index (χ3v) is 8.73. The first-order valence-corrected chi connectivity index (χ1v) is 12.9. The molecule has 4 aliphatic heterocycles. The van der Waals surface area contributed by atoms with E-state index in [0.29, 0.717) is 42.3 Å². The van der Waals surface area contributed by atoms with E-state index in [1.165, 1.54) is 6.92 Å². The van der Waals surface area contributed by atoms with Crippen LogP contribution in [0.4, 0.5) is 0 Å². The number of aryl methyl sites for hydroxylation is 1. The van der Waals surface area contributed by atoms with Gasteiger partial charge in [-0.2, -0.15) is 0 Å². The largest absolute Gasteiger partial charge is 0.504 e. The van der Waals surface area contributed by atoms with Crippen molar-refractivity contribution in [2.75, 3.05) is 21.0 Å². The van der Waals surface area contributed by atoms with Crippen LogP contribution in [0.5, 0.6) is 28.7 Å². The normalized spacial score (nSPS) is 27.8. The van der Waals surface area contributed by atoms with E-state index in [9.17, 15) is 15.0 Å². The Kier molecular flexibility index (Phi) is 5.60. The molecule has 4 aliphatic rings. The van der Waals surface area contributed by atoms with Crippen LogP contribution < -0.4 is 18.9 Å². The Morgan fingerprint density at radius 3 is 2.54 bits per heavy atom. The minimum Gasteiger partial charge on any atom is -0.504 e. The van der Waals surface area contributed by atoms with E-state index < -0.39 is 12.2 Å². The highest BCUT2D eigenvalue weighted by Crippen LogP contribution is 2.58. The number of piperazine rings is 1. The Morgan fingerprint density at radius 1 is 1.14 bits per heavy atom. The van der Waals surface area contributed by atoms with Crippen molar-refractivity contribution in [1.82, 2.24) is 9.80 Å².